The van der Waals surface area contributed by atoms with Crippen molar-refractivity contribution in [1.82, 2.24) is 25.1 Å². The molecule has 2 aliphatic rings. The number of aryl methyl sites for hydroxylation is 1. The molecular formula is C22H30N6O2. The summed E-state index contributed by atoms with van der Waals surface area (Å²) in [4.78, 5) is 25.6. The normalized spacial score (nSPS) is 20.6. The van der Waals surface area contributed by atoms with Crippen LogP contribution in [0.5, 0.6) is 0 Å². The molecule has 160 valence electrons. The summed E-state index contributed by atoms with van der Waals surface area (Å²) in [6, 6.07) is 9.32. The first-order chi connectivity index (χ1) is 14.7. The molecule has 1 fully saturated rings. The molecule has 2 amide bonds. The molecule has 1 N–H and O–H groups in total. The smallest absolute Gasteiger partial charge is 0.345 e. The van der Waals surface area contributed by atoms with Gasteiger partial charge in [0, 0.05) is 26.2 Å². The lowest BCUT2D eigenvalue weighted by Gasteiger charge is -2.32. The Morgan fingerprint density at radius 2 is 2.10 bits per heavy atom. The number of nitrogens with one attached hydrogen (secondary N) is 1. The van der Waals surface area contributed by atoms with Crippen molar-refractivity contribution >= 4 is 11.9 Å². The first kappa shape index (κ1) is 20.4. The van der Waals surface area contributed by atoms with E-state index in [-0.39, 0.29) is 18.1 Å². The van der Waals surface area contributed by atoms with Gasteiger partial charge >= 0.3 is 6.03 Å². The predicted molar refractivity (Wildman–Crippen MR) is 115 cm³/mol. The predicted octanol–water partition coefficient (Wildman–Crippen LogP) is 3.29. The minimum Gasteiger partial charge on any atom is -0.375 e. The molecule has 2 aromatic rings. The van der Waals surface area contributed by atoms with Crippen LogP contribution in [0.1, 0.15) is 55.1 Å². The number of unbranched alkanes of at least 4 members (excludes halogenated alkanes) is 2. The van der Waals surface area contributed by atoms with Crippen LogP contribution >= 0.6 is 0 Å². The van der Waals surface area contributed by atoms with Gasteiger partial charge in [-0.15, -0.1) is 0 Å². The maximum absolute atomic E-state index is 13.3. The van der Waals surface area contributed by atoms with Crippen molar-refractivity contribution in [2.45, 2.75) is 51.4 Å². The van der Waals surface area contributed by atoms with Gasteiger partial charge in [-0.05, 0) is 12.0 Å². The van der Waals surface area contributed by atoms with Crippen LogP contribution in [0.2, 0.25) is 0 Å². The first-order valence-electron chi connectivity index (χ1n) is 10.7. The van der Waals surface area contributed by atoms with E-state index >= 15 is 0 Å². The summed E-state index contributed by atoms with van der Waals surface area (Å²) < 4.78 is 2.05. The summed E-state index contributed by atoms with van der Waals surface area (Å²) in [5, 5.41) is 9.38. The van der Waals surface area contributed by atoms with Gasteiger partial charge < -0.3 is 10.2 Å². The molecule has 1 aromatic heterocycles. The molecule has 0 aliphatic carbocycles. The van der Waals surface area contributed by atoms with Crippen LogP contribution in [-0.4, -0.2) is 52.3 Å². The highest BCUT2D eigenvalue weighted by Gasteiger charge is 2.51. The van der Waals surface area contributed by atoms with Crippen molar-refractivity contribution in [3.63, 3.8) is 0 Å². The standard InChI is InChI=1S/C22H30N6O2/c1-4-5-9-12-27-19-17(13-25-27)18-14-26(20(19)21(23-2)24-3)22(29)28(18)30-15-16-10-7-6-8-11-16/h6-8,10-11,13,18,20H,4-5,9,12,14-15H2,1-3H3,(H,23,24)/t18-,20-/m0/s1. The lowest BCUT2D eigenvalue weighted by atomic mass is 9.97. The number of amides is 2. The molecule has 0 spiro atoms. The molecule has 30 heavy (non-hydrogen) atoms. The Kier molecular flexibility index (Phi) is 6.03. The van der Waals surface area contributed by atoms with E-state index in [4.69, 9.17) is 4.84 Å². The third-order valence-corrected chi connectivity index (χ3v) is 5.87. The van der Waals surface area contributed by atoms with E-state index in [0.717, 1.165) is 48.5 Å². The number of amidine groups is 1. The average Bonchev–Trinajstić information content (AvgIpc) is 3.31. The first-order valence-corrected chi connectivity index (χ1v) is 10.7. The lowest BCUT2D eigenvalue weighted by molar-refractivity contribution is -0.141. The number of likely N-dealkylation sites (N-methyl/N-ethyl adjacent to an activating group) is 1. The number of hydroxylamine groups is 2. The van der Waals surface area contributed by atoms with Gasteiger partial charge in [-0.2, -0.15) is 10.2 Å². The number of nitrogens with zero attached hydrogens (tertiary/aromatic N) is 5. The Labute approximate surface area is 177 Å². The average molecular weight is 411 g/mol. The number of fused-ring (bicyclic) bond motifs is 4. The number of benzene rings is 1. The number of rotatable bonds is 8. The minimum absolute atomic E-state index is 0.131. The van der Waals surface area contributed by atoms with Gasteiger partial charge in [-0.1, -0.05) is 50.1 Å². The van der Waals surface area contributed by atoms with Gasteiger partial charge in [0.2, 0.25) is 0 Å². The van der Waals surface area contributed by atoms with E-state index in [2.05, 4.69) is 22.3 Å². The van der Waals surface area contributed by atoms with Crippen LogP contribution in [0.4, 0.5) is 4.79 Å². The van der Waals surface area contributed by atoms with Gasteiger partial charge in [-0.3, -0.25) is 14.5 Å². The summed E-state index contributed by atoms with van der Waals surface area (Å²) in [5.74, 6) is 0.755. The number of hydrogen-bond acceptors (Lipinski definition) is 4. The molecule has 0 radical (unpaired) electrons. The third-order valence-electron chi connectivity index (χ3n) is 5.87. The van der Waals surface area contributed by atoms with Crippen molar-refractivity contribution in [3.8, 4) is 0 Å². The van der Waals surface area contributed by atoms with Crippen LogP contribution in [0.15, 0.2) is 41.5 Å². The fourth-order valence-electron chi connectivity index (χ4n) is 4.35. The Balaban J connectivity index is 1.65. The van der Waals surface area contributed by atoms with Gasteiger partial charge in [0.25, 0.3) is 0 Å². The lowest BCUT2D eigenvalue weighted by Crippen LogP contribution is -2.43. The second-order valence-corrected chi connectivity index (χ2v) is 7.71. The highest BCUT2D eigenvalue weighted by atomic mass is 16.7. The number of hydrogen-bond donors (Lipinski definition) is 1. The minimum atomic E-state index is -0.284. The molecule has 8 nitrogen and oxygen atoms in total. The molecule has 4 rings (SSSR count). The second kappa shape index (κ2) is 8.87. The van der Waals surface area contributed by atoms with Crippen molar-refractivity contribution < 1.29 is 9.63 Å². The largest absolute Gasteiger partial charge is 0.375 e. The topological polar surface area (TPSA) is 75.0 Å². The molecule has 8 heteroatoms. The Morgan fingerprint density at radius 3 is 2.80 bits per heavy atom. The Hall–Kier alpha value is -2.87. The van der Waals surface area contributed by atoms with E-state index < -0.39 is 0 Å². The zero-order valence-corrected chi connectivity index (χ0v) is 17.9. The fraction of sp³-hybridized carbons (Fsp3) is 0.500. The van der Waals surface area contributed by atoms with E-state index in [1.165, 1.54) is 5.06 Å². The Morgan fingerprint density at radius 1 is 1.30 bits per heavy atom. The van der Waals surface area contributed by atoms with Gasteiger partial charge in [0.15, 0.2) is 0 Å². The van der Waals surface area contributed by atoms with Crippen LogP contribution in [0.25, 0.3) is 0 Å². The third kappa shape index (κ3) is 3.56. The number of urea groups is 1. The van der Waals surface area contributed by atoms with Crippen LogP contribution in [0, 0.1) is 0 Å². The SMILES string of the molecule is CCCCCn1ncc2c1[C@@H](C(=NC)NC)N1C[C@@H]2N(OCc2ccccc2)C1=O. The molecule has 0 unspecified atom stereocenters. The van der Waals surface area contributed by atoms with Crippen LogP contribution in [-0.2, 0) is 18.0 Å². The number of carbonyl (C=O) groups is 1. The summed E-state index contributed by atoms with van der Waals surface area (Å²) in [6.07, 6.45) is 5.26. The van der Waals surface area contributed by atoms with E-state index in [9.17, 15) is 4.79 Å². The summed E-state index contributed by atoms with van der Waals surface area (Å²) in [5.41, 5.74) is 3.11. The van der Waals surface area contributed by atoms with Gasteiger partial charge in [-0.25, -0.2) is 4.79 Å². The van der Waals surface area contributed by atoms with Gasteiger partial charge in [0.05, 0.1) is 18.4 Å². The number of aliphatic imine (C=N–C) groups is 1. The van der Waals surface area contributed by atoms with Crippen molar-refractivity contribution in [3.05, 3.63) is 53.3 Å². The maximum Gasteiger partial charge on any atom is 0.345 e. The molecular weight excluding hydrogens is 380 g/mol. The second-order valence-electron chi connectivity index (χ2n) is 7.71. The van der Waals surface area contributed by atoms with E-state index in [1.54, 1.807) is 7.05 Å². The molecule has 2 aliphatic heterocycles. The van der Waals surface area contributed by atoms with Crippen molar-refractivity contribution in [2.24, 2.45) is 4.99 Å². The van der Waals surface area contributed by atoms with E-state index in [1.807, 2.05) is 53.2 Å². The molecule has 3 heterocycles. The summed E-state index contributed by atoms with van der Waals surface area (Å²) >= 11 is 0. The van der Waals surface area contributed by atoms with Crippen molar-refractivity contribution in [2.75, 3.05) is 20.6 Å². The highest BCUT2D eigenvalue weighted by Crippen LogP contribution is 2.44. The van der Waals surface area contributed by atoms with E-state index in [0.29, 0.717) is 13.2 Å². The molecule has 2 bridgehead atoms. The van der Waals surface area contributed by atoms with Crippen LogP contribution in [0.3, 0.4) is 0 Å². The zero-order valence-electron chi connectivity index (χ0n) is 17.9. The molecule has 1 saturated heterocycles. The zero-order chi connectivity index (χ0) is 21.1. The Bertz CT molecular complexity index is 910. The highest BCUT2D eigenvalue weighted by molar-refractivity contribution is 5.93. The summed E-state index contributed by atoms with van der Waals surface area (Å²) in [7, 11) is 3.59. The molecule has 0 saturated carbocycles. The summed E-state index contributed by atoms with van der Waals surface area (Å²) in [6.45, 7) is 3.94. The van der Waals surface area contributed by atoms with Crippen molar-refractivity contribution in [1.29, 1.82) is 0 Å². The quantitative estimate of drug-likeness (QED) is 0.412. The fourth-order valence-corrected chi connectivity index (χ4v) is 4.35. The maximum atomic E-state index is 13.3. The monoisotopic (exact) mass is 410 g/mol. The van der Waals surface area contributed by atoms with Crippen LogP contribution < -0.4 is 5.32 Å². The number of aromatic nitrogens is 2. The molecule has 2 atom stereocenters. The van der Waals surface area contributed by atoms with Gasteiger partial charge in [0.1, 0.15) is 24.5 Å². The number of carbonyl (C=O) groups excluding carboxylic acids is 1. The molecule has 1 aromatic carbocycles.